The smallest absolute Gasteiger partial charge is 0.0593 e. The van der Waals surface area contributed by atoms with Crippen LogP contribution < -0.4 is 0 Å². The fraction of sp³-hybridized carbons (Fsp3) is 1.00. The van der Waals surface area contributed by atoms with Crippen LogP contribution in [0.25, 0.3) is 0 Å². The van der Waals surface area contributed by atoms with Crippen molar-refractivity contribution in [2.75, 3.05) is 52.5 Å². The summed E-state index contributed by atoms with van der Waals surface area (Å²) < 4.78 is 5.61. The Bertz CT molecular complexity index is 178. The molecule has 1 aliphatic rings. The van der Waals surface area contributed by atoms with Crippen LogP contribution in [0.1, 0.15) is 47.5 Å². The Morgan fingerprint density at radius 2 is 1.53 bits per heavy atom. The lowest BCUT2D eigenvalue weighted by Gasteiger charge is -2.35. The van der Waals surface area contributed by atoms with Crippen LogP contribution in [0.2, 0.25) is 0 Å². The molecule has 1 fully saturated rings. The number of hydrogen-bond acceptors (Lipinski definition) is 3. The Balaban J connectivity index is 0.00000154. The van der Waals surface area contributed by atoms with Gasteiger partial charge in [-0.3, -0.25) is 4.90 Å². The van der Waals surface area contributed by atoms with E-state index in [9.17, 15) is 0 Å². The highest BCUT2D eigenvalue weighted by Crippen LogP contribution is 2.04. The van der Waals surface area contributed by atoms with Gasteiger partial charge in [-0.05, 0) is 12.3 Å². The lowest BCUT2D eigenvalue weighted by Crippen LogP contribution is -2.48. The first-order valence-electron chi connectivity index (χ1n) is 8.24. The van der Waals surface area contributed by atoms with Crippen molar-refractivity contribution >= 4 is 0 Å². The number of hydrogen-bond donors (Lipinski definition) is 0. The van der Waals surface area contributed by atoms with Crippen molar-refractivity contribution in [2.24, 2.45) is 5.92 Å². The molecule has 0 radical (unpaired) electrons. The van der Waals surface area contributed by atoms with Gasteiger partial charge in [-0.1, -0.05) is 41.0 Å². The summed E-state index contributed by atoms with van der Waals surface area (Å²) in [6.07, 6.45) is 2.43. The SMILES string of the molecule is CC.CCCCOCCN1CCN(CC(C)C)CC1. The number of unbranched alkanes of at least 4 members (excludes halogenated alkanes) is 1. The van der Waals surface area contributed by atoms with Crippen LogP contribution >= 0.6 is 0 Å². The normalized spacial score (nSPS) is 17.4. The van der Waals surface area contributed by atoms with Gasteiger partial charge in [0.15, 0.2) is 0 Å². The number of rotatable bonds is 8. The first-order chi connectivity index (χ1) is 9.22. The molecule has 1 rings (SSSR count). The van der Waals surface area contributed by atoms with Gasteiger partial charge in [-0.2, -0.15) is 0 Å². The number of nitrogens with zero attached hydrogens (tertiary/aromatic N) is 2. The summed E-state index contributed by atoms with van der Waals surface area (Å²) in [6, 6.07) is 0. The Labute approximate surface area is 121 Å². The van der Waals surface area contributed by atoms with Crippen molar-refractivity contribution in [1.29, 1.82) is 0 Å². The fourth-order valence-electron chi connectivity index (χ4n) is 2.25. The Morgan fingerprint density at radius 1 is 0.947 bits per heavy atom. The van der Waals surface area contributed by atoms with Crippen molar-refractivity contribution in [3.05, 3.63) is 0 Å². The van der Waals surface area contributed by atoms with Crippen LogP contribution in [0.4, 0.5) is 0 Å². The predicted molar refractivity (Wildman–Crippen MR) is 84.8 cm³/mol. The van der Waals surface area contributed by atoms with Gasteiger partial charge in [0.2, 0.25) is 0 Å². The van der Waals surface area contributed by atoms with E-state index >= 15 is 0 Å². The molecule has 3 heteroatoms. The van der Waals surface area contributed by atoms with Crippen LogP contribution in [-0.2, 0) is 4.74 Å². The minimum Gasteiger partial charge on any atom is -0.380 e. The van der Waals surface area contributed by atoms with Crippen LogP contribution in [0.5, 0.6) is 0 Å². The molecule has 1 saturated heterocycles. The molecule has 0 aromatic heterocycles. The minimum absolute atomic E-state index is 0.791. The van der Waals surface area contributed by atoms with Crippen molar-refractivity contribution in [3.8, 4) is 0 Å². The summed E-state index contributed by atoms with van der Waals surface area (Å²) in [7, 11) is 0. The van der Waals surface area contributed by atoms with Crippen LogP contribution in [-0.4, -0.2) is 62.3 Å². The lowest BCUT2D eigenvalue weighted by atomic mass is 10.2. The molecular formula is C16H36N2O. The van der Waals surface area contributed by atoms with Crippen LogP contribution in [0, 0.1) is 5.92 Å². The topological polar surface area (TPSA) is 15.7 Å². The minimum atomic E-state index is 0.791. The second-order valence-corrected chi connectivity index (χ2v) is 5.50. The largest absolute Gasteiger partial charge is 0.380 e. The Morgan fingerprint density at radius 3 is 2.05 bits per heavy atom. The zero-order valence-electron chi connectivity index (χ0n) is 14.0. The van der Waals surface area contributed by atoms with E-state index < -0.39 is 0 Å². The van der Waals surface area contributed by atoms with Gasteiger partial charge in [0.25, 0.3) is 0 Å². The maximum absolute atomic E-state index is 5.61. The van der Waals surface area contributed by atoms with E-state index in [1.807, 2.05) is 13.8 Å². The maximum Gasteiger partial charge on any atom is 0.0593 e. The summed E-state index contributed by atoms with van der Waals surface area (Å²) in [4.78, 5) is 5.11. The van der Waals surface area contributed by atoms with E-state index in [0.717, 1.165) is 25.7 Å². The summed E-state index contributed by atoms with van der Waals surface area (Å²) in [5, 5.41) is 0. The Kier molecular flexibility index (Phi) is 12.8. The molecular weight excluding hydrogens is 236 g/mol. The molecule has 0 aromatic carbocycles. The van der Waals surface area contributed by atoms with Crippen molar-refractivity contribution in [2.45, 2.75) is 47.5 Å². The van der Waals surface area contributed by atoms with Crippen molar-refractivity contribution in [1.82, 2.24) is 9.80 Å². The van der Waals surface area contributed by atoms with Crippen molar-refractivity contribution in [3.63, 3.8) is 0 Å². The van der Waals surface area contributed by atoms with Crippen LogP contribution in [0.3, 0.4) is 0 Å². The molecule has 1 aliphatic heterocycles. The second-order valence-electron chi connectivity index (χ2n) is 5.50. The molecule has 19 heavy (non-hydrogen) atoms. The zero-order chi connectivity index (χ0) is 14.5. The highest BCUT2D eigenvalue weighted by atomic mass is 16.5. The number of ether oxygens (including phenoxy) is 1. The first kappa shape index (κ1) is 18.9. The second kappa shape index (κ2) is 12.9. The third kappa shape index (κ3) is 10.3. The van der Waals surface area contributed by atoms with Gasteiger partial charge < -0.3 is 9.64 Å². The zero-order valence-corrected chi connectivity index (χ0v) is 14.0. The maximum atomic E-state index is 5.61. The first-order valence-corrected chi connectivity index (χ1v) is 8.24. The third-order valence-electron chi connectivity index (χ3n) is 3.28. The lowest BCUT2D eigenvalue weighted by molar-refractivity contribution is 0.0713. The number of piperazine rings is 1. The molecule has 0 spiro atoms. The summed E-state index contributed by atoms with van der Waals surface area (Å²) in [5.74, 6) is 0.791. The van der Waals surface area contributed by atoms with Crippen LogP contribution in [0.15, 0.2) is 0 Å². The molecule has 0 saturated carbocycles. The van der Waals surface area contributed by atoms with E-state index in [4.69, 9.17) is 4.74 Å². The van der Waals surface area contributed by atoms with E-state index in [1.165, 1.54) is 45.6 Å². The summed E-state index contributed by atoms with van der Waals surface area (Å²) in [6.45, 7) is 19.9. The van der Waals surface area contributed by atoms with E-state index in [2.05, 4.69) is 30.6 Å². The highest BCUT2D eigenvalue weighted by molar-refractivity contribution is 4.72. The fourth-order valence-corrected chi connectivity index (χ4v) is 2.25. The molecule has 0 unspecified atom stereocenters. The molecule has 0 aliphatic carbocycles. The van der Waals surface area contributed by atoms with Gasteiger partial charge in [0.05, 0.1) is 6.61 Å². The molecule has 3 nitrogen and oxygen atoms in total. The summed E-state index contributed by atoms with van der Waals surface area (Å²) in [5.41, 5.74) is 0. The molecule has 116 valence electrons. The standard InChI is InChI=1S/C14H30N2O.C2H6/c1-4-5-11-17-12-10-15-6-8-16(9-7-15)13-14(2)3;1-2/h14H,4-13H2,1-3H3;1-2H3. The summed E-state index contributed by atoms with van der Waals surface area (Å²) >= 11 is 0. The Hall–Kier alpha value is -0.120. The van der Waals surface area contributed by atoms with Gasteiger partial charge in [0, 0.05) is 45.9 Å². The average molecular weight is 272 g/mol. The molecule has 0 N–H and O–H groups in total. The average Bonchev–Trinajstić information content (AvgIpc) is 2.42. The van der Waals surface area contributed by atoms with E-state index in [1.54, 1.807) is 0 Å². The molecule has 0 aromatic rings. The molecule has 0 atom stereocenters. The quantitative estimate of drug-likeness (QED) is 0.632. The van der Waals surface area contributed by atoms with Gasteiger partial charge >= 0.3 is 0 Å². The van der Waals surface area contributed by atoms with Gasteiger partial charge in [0.1, 0.15) is 0 Å². The van der Waals surface area contributed by atoms with Crippen molar-refractivity contribution < 1.29 is 4.74 Å². The monoisotopic (exact) mass is 272 g/mol. The molecule has 1 heterocycles. The third-order valence-corrected chi connectivity index (χ3v) is 3.28. The van der Waals surface area contributed by atoms with E-state index in [0.29, 0.717) is 0 Å². The predicted octanol–water partition coefficient (Wildman–Crippen LogP) is 3.10. The van der Waals surface area contributed by atoms with E-state index in [-0.39, 0.29) is 0 Å². The molecule has 0 amide bonds. The highest BCUT2D eigenvalue weighted by Gasteiger charge is 2.16. The van der Waals surface area contributed by atoms with Gasteiger partial charge in [-0.25, -0.2) is 0 Å². The van der Waals surface area contributed by atoms with Gasteiger partial charge in [-0.15, -0.1) is 0 Å². The molecule has 0 bridgehead atoms.